The van der Waals surface area contributed by atoms with Gasteiger partial charge in [0.15, 0.2) is 0 Å². The van der Waals surface area contributed by atoms with Gasteiger partial charge in [-0.2, -0.15) is 0 Å². The van der Waals surface area contributed by atoms with E-state index in [9.17, 15) is 14.4 Å². The van der Waals surface area contributed by atoms with E-state index in [2.05, 4.69) is 5.32 Å². The monoisotopic (exact) mass is 338 g/mol. The fraction of sp³-hybridized carbons (Fsp3) is 0.438. The van der Waals surface area contributed by atoms with E-state index in [4.69, 9.17) is 14.7 Å². The van der Waals surface area contributed by atoms with Crippen molar-refractivity contribution in [3.05, 3.63) is 35.9 Å². The number of esters is 1. The van der Waals surface area contributed by atoms with Crippen LogP contribution >= 0.6 is 0 Å². The molecule has 8 heteroatoms. The molecular weight excluding hydrogens is 316 g/mol. The van der Waals surface area contributed by atoms with Crippen LogP contribution in [0, 0.1) is 0 Å². The van der Waals surface area contributed by atoms with Crippen molar-refractivity contribution in [1.29, 1.82) is 0 Å². The van der Waals surface area contributed by atoms with Crippen molar-refractivity contribution in [2.75, 3.05) is 0 Å². The van der Waals surface area contributed by atoms with Gasteiger partial charge in [-0.15, -0.1) is 0 Å². The Hall–Kier alpha value is -2.61. The van der Waals surface area contributed by atoms with E-state index in [1.165, 1.54) is 5.48 Å². The van der Waals surface area contributed by atoms with Crippen molar-refractivity contribution in [1.82, 2.24) is 10.8 Å². The number of benzene rings is 1. The molecule has 3 N–H and O–H groups in total. The molecule has 0 aliphatic rings. The van der Waals surface area contributed by atoms with Crippen LogP contribution in [0.1, 0.15) is 32.8 Å². The van der Waals surface area contributed by atoms with Crippen LogP contribution < -0.4 is 10.8 Å². The summed E-state index contributed by atoms with van der Waals surface area (Å²) >= 11 is 0. The summed E-state index contributed by atoms with van der Waals surface area (Å²) in [4.78, 5) is 35.1. The zero-order valence-electron chi connectivity index (χ0n) is 13.9. The molecule has 0 spiro atoms. The second kappa shape index (κ2) is 8.88. The van der Waals surface area contributed by atoms with Crippen molar-refractivity contribution in [2.24, 2.45) is 0 Å². The Kier molecular flexibility index (Phi) is 7.19. The fourth-order valence-electron chi connectivity index (χ4n) is 1.70. The minimum atomic E-state index is -1.31. The quantitative estimate of drug-likeness (QED) is 0.412. The number of carbonyl (C=O) groups excluding carboxylic acids is 3. The first-order chi connectivity index (χ1) is 11.2. The lowest BCUT2D eigenvalue weighted by Gasteiger charge is -2.22. The standard InChI is InChI=1S/C16H22N2O6/c1-16(2,3)24-15(21)17-12(14(20)18-22)9-13(19)23-10-11-7-5-4-6-8-11/h4-8,12,22H,9-10H2,1-3H3,(H,17,21)(H,18,20)/t12-/m0/s1. The van der Waals surface area contributed by atoms with E-state index in [0.717, 1.165) is 5.56 Å². The van der Waals surface area contributed by atoms with Gasteiger partial charge in [-0.1, -0.05) is 30.3 Å². The first-order valence-corrected chi connectivity index (χ1v) is 7.34. The van der Waals surface area contributed by atoms with E-state index in [0.29, 0.717) is 0 Å². The average molecular weight is 338 g/mol. The van der Waals surface area contributed by atoms with E-state index >= 15 is 0 Å². The van der Waals surface area contributed by atoms with Crippen LogP contribution in [0.4, 0.5) is 4.79 Å². The molecule has 0 unspecified atom stereocenters. The van der Waals surface area contributed by atoms with Crippen LogP contribution in [0.25, 0.3) is 0 Å². The number of carbonyl (C=O) groups is 3. The number of hydroxylamine groups is 1. The molecule has 2 amide bonds. The Balaban J connectivity index is 2.57. The van der Waals surface area contributed by atoms with Crippen LogP contribution in [0.2, 0.25) is 0 Å². The lowest BCUT2D eigenvalue weighted by Crippen LogP contribution is -2.48. The van der Waals surface area contributed by atoms with E-state index < -0.39 is 36.0 Å². The highest BCUT2D eigenvalue weighted by Crippen LogP contribution is 2.08. The topological polar surface area (TPSA) is 114 Å². The molecule has 132 valence electrons. The van der Waals surface area contributed by atoms with Gasteiger partial charge in [0.25, 0.3) is 5.91 Å². The van der Waals surface area contributed by atoms with Crippen molar-refractivity contribution < 1.29 is 29.1 Å². The summed E-state index contributed by atoms with van der Waals surface area (Å²) in [7, 11) is 0. The second-order valence-corrected chi connectivity index (χ2v) is 6.03. The maximum absolute atomic E-state index is 11.8. The van der Waals surface area contributed by atoms with E-state index in [-0.39, 0.29) is 6.61 Å². The van der Waals surface area contributed by atoms with E-state index in [1.54, 1.807) is 45.0 Å². The van der Waals surface area contributed by atoms with Crippen LogP contribution in [0.5, 0.6) is 0 Å². The minimum absolute atomic E-state index is 0.0412. The molecule has 0 aliphatic carbocycles. The summed E-state index contributed by atoms with van der Waals surface area (Å²) < 4.78 is 10.1. The third-order valence-electron chi connectivity index (χ3n) is 2.73. The molecule has 8 nitrogen and oxygen atoms in total. The molecule has 1 aromatic rings. The maximum Gasteiger partial charge on any atom is 0.408 e. The lowest BCUT2D eigenvalue weighted by atomic mass is 10.2. The number of hydrogen-bond donors (Lipinski definition) is 3. The molecule has 0 bridgehead atoms. The number of alkyl carbamates (subject to hydrolysis) is 1. The smallest absolute Gasteiger partial charge is 0.408 e. The first-order valence-electron chi connectivity index (χ1n) is 7.34. The molecule has 0 aromatic heterocycles. The Morgan fingerprint density at radius 3 is 2.33 bits per heavy atom. The Labute approximate surface area is 140 Å². The SMILES string of the molecule is CC(C)(C)OC(=O)N[C@@H](CC(=O)OCc1ccccc1)C(=O)NO. The lowest BCUT2D eigenvalue weighted by molar-refractivity contribution is -0.148. The molecule has 0 saturated heterocycles. The van der Waals surface area contributed by atoms with Gasteiger partial charge in [0, 0.05) is 0 Å². The predicted octanol–water partition coefficient (Wildman–Crippen LogP) is 1.52. The van der Waals surface area contributed by atoms with Crippen LogP contribution in [0.15, 0.2) is 30.3 Å². The number of nitrogens with one attached hydrogen (secondary N) is 2. The third kappa shape index (κ3) is 7.59. The van der Waals surface area contributed by atoms with Gasteiger partial charge in [0.1, 0.15) is 18.2 Å². The number of rotatable bonds is 6. The van der Waals surface area contributed by atoms with Crippen LogP contribution in [-0.4, -0.2) is 34.8 Å². The van der Waals surface area contributed by atoms with Crippen molar-refractivity contribution in [3.8, 4) is 0 Å². The highest BCUT2D eigenvalue weighted by atomic mass is 16.6. The summed E-state index contributed by atoms with van der Waals surface area (Å²) in [6.07, 6.45) is -1.33. The average Bonchev–Trinajstić information content (AvgIpc) is 2.50. The largest absolute Gasteiger partial charge is 0.461 e. The molecule has 0 aliphatic heterocycles. The summed E-state index contributed by atoms with van der Waals surface area (Å²) in [6, 6.07) is 7.68. The van der Waals surface area contributed by atoms with Crippen LogP contribution in [-0.2, 0) is 25.7 Å². The molecule has 0 saturated carbocycles. The van der Waals surface area contributed by atoms with Gasteiger partial charge in [0.05, 0.1) is 6.42 Å². The predicted molar refractivity (Wildman–Crippen MR) is 83.9 cm³/mol. The fourth-order valence-corrected chi connectivity index (χ4v) is 1.70. The number of ether oxygens (including phenoxy) is 2. The molecule has 1 rings (SSSR count). The molecule has 1 aromatic carbocycles. The number of hydrogen-bond acceptors (Lipinski definition) is 6. The summed E-state index contributed by atoms with van der Waals surface area (Å²) in [6.45, 7) is 5.01. The van der Waals surface area contributed by atoms with Crippen LogP contribution in [0.3, 0.4) is 0 Å². The Bertz CT molecular complexity index is 568. The van der Waals surface area contributed by atoms with Crippen molar-refractivity contribution in [2.45, 2.75) is 45.4 Å². The van der Waals surface area contributed by atoms with Crippen molar-refractivity contribution >= 4 is 18.0 Å². The zero-order chi connectivity index (χ0) is 18.2. The van der Waals surface area contributed by atoms with Gasteiger partial charge in [-0.3, -0.25) is 14.8 Å². The number of amides is 2. The molecule has 0 heterocycles. The third-order valence-corrected chi connectivity index (χ3v) is 2.73. The molecule has 0 radical (unpaired) electrons. The summed E-state index contributed by atoms with van der Waals surface area (Å²) in [5, 5.41) is 10.9. The van der Waals surface area contributed by atoms with Gasteiger partial charge in [0.2, 0.25) is 0 Å². The van der Waals surface area contributed by atoms with Gasteiger partial charge >= 0.3 is 12.1 Å². The zero-order valence-corrected chi connectivity index (χ0v) is 13.9. The minimum Gasteiger partial charge on any atom is -0.461 e. The normalized spacial score (nSPS) is 12.0. The molecule has 1 atom stereocenters. The van der Waals surface area contributed by atoms with Gasteiger partial charge in [-0.05, 0) is 26.3 Å². The van der Waals surface area contributed by atoms with Gasteiger partial charge in [-0.25, -0.2) is 10.3 Å². The maximum atomic E-state index is 11.8. The van der Waals surface area contributed by atoms with E-state index in [1.807, 2.05) is 6.07 Å². The molecular formula is C16H22N2O6. The first kappa shape index (κ1) is 19.4. The Morgan fingerprint density at radius 1 is 1.17 bits per heavy atom. The summed E-state index contributed by atoms with van der Waals surface area (Å²) in [5.41, 5.74) is 1.42. The molecule has 0 fully saturated rings. The van der Waals surface area contributed by atoms with Crippen molar-refractivity contribution in [3.63, 3.8) is 0 Å². The highest BCUT2D eigenvalue weighted by Gasteiger charge is 2.27. The Morgan fingerprint density at radius 2 is 1.79 bits per heavy atom. The van der Waals surface area contributed by atoms with Gasteiger partial charge < -0.3 is 14.8 Å². The second-order valence-electron chi connectivity index (χ2n) is 6.03. The molecule has 24 heavy (non-hydrogen) atoms. The highest BCUT2D eigenvalue weighted by molar-refractivity contribution is 5.88. The summed E-state index contributed by atoms with van der Waals surface area (Å²) in [5.74, 6) is -1.65.